The molecule has 0 aliphatic heterocycles. The van der Waals surface area contributed by atoms with Gasteiger partial charge in [-0.3, -0.25) is 0 Å². The van der Waals surface area contributed by atoms with E-state index in [4.69, 9.17) is 4.42 Å². The van der Waals surface area contributed by atoms with E-state index in [2.05, 4.69) is 12.2 Å². The van der Waals surface area contributed by atoms with Gasteiger partial charge < -0.3 is 14.8 Å². The zero-order chi connectivity index (χ0) is 15.5. The second kappa shape index (κ2) is 6.63. The van der Waals surface area contributed by atoms with Crippen molar-refractivity contribution in [2.45, 2.75) is 50.3 Å². The molecule has 3 nitrogen and oxygen atoms in total. The average molecular weight is 303 g/mol. The van der Waals surface area contributed by atoms with E-state index in [0.29, 0.717) is 24.1 Å². The van der Waals surface area contributed by atoms with Gasteiger partial charge in [-0.2, -0.15) is 0 Å². The van der Waals surface area contributed by atoms with Crippen LogP contribution in [0.3, 0.4) is 0 Å². The lowest BCUT2D eigenvalue weighted by Gasteiger charge is -2.38. The van der Waals surface area contributed by atoms with Crippen LogP contribution in [0, 0.1) is 5.82 Å². The predicted octanol–water partition coefficient (Wildman–Crippen LogP) is 3.77. The summed E-state index contributed by atoms with van der Waals surface area (Å²) >= 11 is 0. The van der Waals surface area contributed by atoms with Crippen molar-refractivity contribution in [1.82, 2.24) is 5.32 Å². The van der Waals surface area contributed by atoms with Crippen LogP contribution in [0.1, 0.15) is 49.5 Å². The van der Waals surface area contributed by atoms with E-state index in [1.165, 1.54) is 17.7 Å². The molecule has 0 bridgehead atoms. The molecule has 2 aromatic rings. The molecule has 0 spiro atoms. The molecule has 2 atom stereocenters. The smallest absolute Gasteiger partial charge is 0.132 e. The van der Waals surface area contributed by atoms with E-state index >= 15 is 0 Å². The van der Waals surface area contributed by atoms with Gasteiger partial charge in [0.05, 0.1) is 6.26 Å². The zero-order valence-electron chi connectivity index (χ0n) is 12.7. The third kappa shape index (κ3) is 3.57. The fourth-order valence-electron chi connectivity index (χ4n) is 3.16. The maximum atomic E-state index is 12.9. The second-order valence-corrected chi connectivity index (χ2v) is 6.25. The zero-order valence-corrected chi connectivity index (χ0v) is 12.7. The number of aliphatic hydroxyl groups is 1. The summed E-state index contributed by atoms with van der Waals surface area (Å²) in [4.78, 5) is 0. The van der Waals surface area contributed by atoms with Crippen molar-refractivity contribution in [2.24, 2.45) is 0 Å². The summed E-state index contributed by atoms with van der Waals surface area (Å²) in [5, 5.41) is 13.6. The number of nitrogens with one attached hydrogen (secondary N) is 1. The first-order chi connectivity index (χ1) is 10.6. The maximum Gasteiger partial charge on any atom is 0.132 e. The Morgan fingerprint density at radius 3 is 2.64 bits per heavy atom. The summed E-state index contributed by atoms with van der Waals surface area (Å²) in [6, 6.07) is 11.1. The molecule has 1 fully saturated rings. The van der Waals surface area contributed by atoms with Crippen LogP contribution in [-0.4, -0.2) is 17.2 Å². The Morgan fingerprint density at radius 2 is 2.00 bits per heavy atom. The van der Waals surface area contributed by atoms with Gasteiger partial charge >= 0.3 is 0 Å². The van der Waals surface area contributed by atoms with Crippen LogP contribution >= 0.6 is 0 Å². The summed E-state index contributed by atoms with van der Waals surface area (Å²) < 4.78 is 18.1. The van der Waals surface area contributed by atoms with Crippen molar-refractivity contribution in [3.8, 4) is 0 Å². The Morgan fingerprint density at radius 1 is 1.27 bits per heavy atom. The number of furan rings is 1. The van der Waals surface area contributed by atoms with Crippen LogP contribution < -0.4 is 5.32 Å². The first-order valence-corrected chi connectivity index (χ1v) is 7.85. The summed E-state index contributed by atoms with van der Waals surface area (Å²) in [5.41, 5.74) is 1.21. The third-order valence-electron chi connectivity index (χ3n) is 4.45. The van der Waals surface area contributed by atoms with Crippen LogP contribution in [0.2, 0.25) is 0 Å². The molecule has 118 valence electrons. The topological polar surface area (TPSA) is 45.4 Å². The van der Waals surface area contributed by atoms with Gasteiger partial charge in [-0.05, 0) is 61.9 Å². The van der Waals surface area contributed by atoms with Gasteiger partial charge in [-0.1, -0.05) is 12.1 Å². The molecule has 3 rings (SSSR count). The molecule has 0 radical (unpaired) electrons. The van der Waals surface area contributed by atoms with Gasteiger partial charge in [0.15, 0.2) is 0 Å². The number of hydrogen-bond donors (Lipinski definition) is 2. The largest absolute Gasteiger partial charge is 0.467 e. The highest BCUT2D eigenvalue weighted by atomic mass is 19.1. The normalized spacial score (nSPS) is 23.8. The van der Waals surface area contributed by atoms with Gasteiger partial charge in [0.1, 0.15) is 17.7 Å². The number of hydrogen-bond acceptors (Lipinski definition) is 3. The summed E-state index contributed by atoms with van der Waals surface area (Å²) in [7, 11) is 0. The number of rotatable bonds is 6. The molecular formula is C18H22FNO2. The highest BCUT2D eigenvalue weighted by molar-refractivity contribution is 5.23. The number of halogens is 1. The Hall–Kier alpha value is -1.65. The van der Waals surface area contributed by atoms with Crippen LogP contribution in [-0.2, 0) is 0 Å². The highest BCUT2D eigenvalue weighted by Crippen LogP contribution is 2.37. The molecule has 1 aromatic heterocycles. The van der Waals surface area contributed by atoms with Crippen molar-refractivity contribution in [1.29, 1.82) is 0 Å². The van der Waals surface area contributed by atoms with Crippen LogP contribution in [0.4, 0.5) is 4.39 Å². The Labute approximate surface area is 130 Å². The van der Waals surface area contributed by atoms with Crippen molar-refractivity contribution in [2.75, 3.05) is 0 Å². The minimum Gasteiger partial charge on any atom is -0.467 e. The molecule has 1 heterocycles. The van der Waals surface area contributed by atoms with Crippen molar-refractivity contribution in [3.05, 3.63) is 59.8 Å². The standard InChI is InChI=1S/C18H22FNO2/c1-12(9-17(21)18-3-2-8-22-18)20-16-10-14(11-16)13-4-6-15(19)7-5-13/h2-8,12,14,16-17,20-21H,9-11H2,1H3. The Balaban J connectivity index is 1.42. The highest BCUT2D eigenvalue weighted by Gasteiger charge is 2.31. The molecule has 22 heavy (non-hydrogen) atoms. The Kier molecular flexibility index (Phi) is 4.60. The molecule has 1 aromatic carbocycles. The van der Waals surface area contributed by atoms with Gasteiger partial charge in [0.25, 0.3) is 0 Å². The van der Waals surface area contributed by atoms with E-state index in [1.807, 2.05) is 12.1 Å². The number of benzene rings is 1. The first kappa shape index (κ1) is 15.3. The van der Waals surface area contributed by atoms with Gasteiger partial charge in [0.2, 0.25) is 0 Å². The van der Waals surface area contributed by atoms with Crippen molar-refractivity contribution in [3.63, 3.8) is 0 Å². The van der Waals surface area contributed by atoms with E-state index < -0.39 is 6.10 Å². The average Bonchev–Trinajstić information content (AvgIpc) is 2.98. The molecule has 0 saturated heterocycles. The van der Waals surface area contributed by atoms with E-state index in [-0.39, 0.29) is 11.9 Å². The minimum absolute atomic E-state index is 0.182. The fraction of sp³-hybridized carbons (Fsp3) is 0.444. The lowest BCUT2D eigenvalue weighted by molar-refractivity contribution is 0.122. The molecule has 1 aliphatic carbocycles. The van der Waals surface area contributed by atoms with Crippen LogP contribution in [0.15, 0.2) is 47.1 Å². The summed E-state index contributed by atoms with van der Waals surface area (Å²) in [6.07, 6.45) is 3.77. The minimum atomic E-state index is -0.564. The van der Waals surface area contributed by atoms with Gasteiger partial charge in [0, 0.05) is 12.1 Å². The van der Waals surface area contributed by atoms with Crippen molar-refractivity contribution >= 4 is 0 Å². The van der Waals surface area contributed by atoms with Gasteiger partial charge in [-0.25, -0.2) is 4.39 Å². The lowest BCUT2D eigenvalue weighted by atomic mass is 9.75. The van der Waals surface area contributed by atoms with E-state index in [0.717, 1.165) is 12.8 Å². The van der Waals surface area contributed by atoms with Crippen molar-refractivity contribution < 1.29 is 13.9 Å². The maximum absolute atomic E-state index is 12.9. The second-order valence-electron chi connectivity index (χ2n) is 6.25. The first-order valence-electron chi connectivity index (χ1n) is 7.85. The summed E-state index contributed by atoms with van der Waals surface area (Å²) in [5.74, 6) is 0.949. The molecular weight excluding hydrogens is 281 g/mol. The van der Waals surface area contributed by atoms with Crippen LogP contribution in [0.5, 0.6) is 0 Å². The quantitative estimate of drug-likeness (QED) is 0.854. The third-order valence-corrected chi connectivity index (χ3v) is 4.45. The molecule has 4 heteroatoms. The Bertz CT molecular complexity index is 576. The molecule has 1 aliphatic rings. The van der Waals surface area contributed by atoms with Crippen LogP contribution in [0.25, 0.3) is 0 Å². The summed E-state index contributed by atoms with van der Waals surface area (Å²) in [6.45, 7) is 2.08. The van der Waals surface area contributed by atoms with E-state index in [1.54, 1.807) is 18.4 Å². The fourth-order valence-corrected chi connectivity index (χ4v) is 3.16. The van der Waals surface area contributed by atoms with E-state index in [9.17, 15) is 9.50 Å². The molecule has 1 saturated carbocycles. The number of aliphatic hydroxyl groups excluding tert-OH is 1. The SMILES string of the molecule is CC(CC(O)c1ccco1)NC1CC(c2ccc(F)cc2)C1. The molecule has 2 unspecified atom stereocenters. The van der Waals surface area contributed by atoms with Gasteiger partial charge in [-0.15, -0.1) is 0 Å². The predicted molar refractivity (Wildman–Crippen MR) is 83.0 cm³/mol. The molecule has 0 amide bonds. The lowest BCUT2D eigenvalue weighted by Crippen LogP contribution is -2.44. The molecule has 2 N–H and O–H groups in total. The monoisotopic (exact) mass is 303 g/mol.